The monoisotopic (exact) mass is 263 g/mol. The van der Waals surface area contributed by atoms with E-state index < -0.39 is 19.8 Å². The van der Waals surface area contributed by atoms with E-state index in [9.17, 15) is 0 Å². The zero-order valence-corrected chi connectivity index (χ0v) is 11.3. The van der Waals surface area contributed by atoms with Gasteiger partial charge in [-0.05, 0) is 0 Å². The minimum atomic E-state index is -0.701. The van der Waals surface area contributed by atoms with E-state index in [1.54, 1.807) is 4.44 Å². The molecule has 0 unspecified atom stereocenters. The summed E-state index contributed by atoms with van der Waals surface area (Å²) in [5, 5.41) is 0. The van der Waals surface area contributed by atoms with Crippen LogP contribution in [0.5, 0.6) is 0 Å². The molecule has 1 radical (unpaired) electrons. The van der Waals surface area contributed by atoms with Crippen LogP contribution in [-0.2, 0) is 0 Å². The summed E-state index contributed by atoms with van der Waals surface area (Å²) >= 11 is -0.701. The van der Waals surface area contributed by atoms with Crippen molar-refractivity contribution >= 4 is 19.8 Å². The number of hydrogen-bond acceptors (Lipinski definition) is 0. The summed E-state index contributed by atoms with van der Waals surface area (Å²) in [4.78, 5) is 5.02. The van der Waals surface area contributed by atoms with E-state index in [-0.39, 0.29) is 0 Å². The van der Waals surface area contributed by atoms with Crippen LogP contribution in [0.2, 0.25) is 14.3 Å². The molecule has 0 rings (SSSR count). The molecular formula is C10H23Sn. The first-order chi connectivity index (χ1) is 5.27. The normalized spacial score (nSPS) is 10.9. The third-order valence-electron chi connectivity index (χ3n) is 2.03. The molecule has 0 aliphatic rings. The summed E-state index contributed by atoms with van der Waals surface area (Å²) in [6, 6.07) is 0. The molecule has 0 aliphatic carbocycles. The maximum absolute atomic E-state index is 2.51. The van der Waals surface area contributed by atoms with Crippen LogP contribution in [0.15, 0.2) is 0 Å². The third-order valence-corrected chi connectivity index (χ3v) is 5.89. The first-order valence-electron chi connectivity index (χ1n) is 5.06. The molecule has 0 atom stereocenters. The van der Waals surface area contributed by atoms with Gasteiger partial charge in [-0.2, -0.15) is 0 Å². The molecule has 0 saturated carbocycles. The molecule has 1 heteroatoms. The van der Waals surface area contributed by atoms with Gasteiger partial charge < -0.3 is 0 Å². The average Bonchev–Trinajstić information content (AvgIpc) is 1.96. The van der Waals surface area contributed by atoms with Gasteiger partial charge >= 0.3 is 79.5 Å². The Balaban J connectivity index is 2.80. The van der Waals surface area contributed by atoms with Gasteiger partial charge in [-0.1, -0.05) is 0 Å². The number of unbranched alkanes of at least 4 members (excludes halogenated alkanes) is 5. The molecule has 67 valence electrons. The van der Waals surface area contributed by atoms with Crippen LogP contribution in [0.3, 0.4) is 0 Å². The molecule has 0 amide bonds. The Morgan fingerprint density at radius 1 is 0.818 bits per heavy atom. The van der Waals surface area contributed by atoms with Crippen LogP contribution in [0, 0.1) is 0 Å². The number of rotatable bonds is 7. The maximum atomic E-state index is 2.51. The van der Waals surface area contributed by atoms with Crippen LogP contribution in [0.1, 0.15) is 45.4 Å². The summed E-state index contributed by atoms with van der Waals surface area (Å²) < 4.78 is 1.62. The standard InChI is InChI=1S/C8H17.2CH3.Sn/c1-3-5-7-8-6-4-2;;;/h1,3-8H2,2H3;2*1H3;. The van der Waals surface area contributed by atoms with Gasteiger partial charge in [-0.3, -0.25) is 0 Å². The van der Waals surface area contributed by atoms with Crippen molar-refractivity contribution < 1.29 is 0 Å². The fourth-order valence-electron chi connectivity index (χ4n) is 1.26. The molecule has 0 fully saturated rings. The Morgan fingerprint density at radius 2 is 1.36 bits per heavy atom. The Bertz CT molecular complexity index is 69.3. The summed E-state index contributed by atoms with van der Waals surface area (Å²) in [6.07, 6.45) is 8.83. The first-order valence-corrected chi connectivity index (χ1v) is 12.8. The van der Waals surface area contributed by atoms with Gasteiger partial charge in [0.15, 0.2) is 0 Å². The Labute approximate surface area is 79.5 Å². The van der Waals surface area contributed by atoms with Crippen molar-refractivity contribution in [2.75, 3.05) is 0 Å². The molecule has 0 spiro atoms. The second-order valence-electron chi connectivity index (χ2n) is 3.72. The second-order valence-corrected chi connectivity index (χ2v) is 12.0. The summed E-state index contributed by atoms with van der Waals surface area (Å²) in [5.74, 6) is 0. The van der Waals surface area contributed by atoms with Crippen LogP contribution >= 0.6 is 0 Å². The molecule has 0 aromatic heterocycles. The van der Waals surface area contributed by atoms with Gasteiger partial charge in [0.2, 0.25) is 0 Å². The minimum absolute atomic E-state index is 0.701. The topological polar surface area (TPSA) is 0 Å². The van der Waals surface area contributed by atoms with E-state index in [1.165, 1.54) is 38.5 Å². The van der Waals surface area contributed by atoms with Crippen molar-refractivity contribution in [2.24, 2.45) is 0 Å². The van der Waals surface area contributed by atoms with Gasteiger partial charge in [-0.15, -0.1) is 0 Å². The quantitative estimate of drug-likeness (QED) is 0.478. The van der Waals surface area contributed by atoms with E-state index in [1.807, 2.05) is 0 Å². The molecule has 0 aliphatic heterocycles. The number of hydrogen-bond donors (Lipinski definition) is 0. The van der Waals surface area contributed by atoms with Crippen molar-refractivity contribution in [1.29, 1.82) is 0 Å². The summed E-state index contributed by atoms with van der Waals surface area (Å²) in [7, 11) is 0. The molecule has 0 heterocycles. The Morgan fingerprint density at radius 3 is 1.91 bits per heavy atom. The van der Waals surface area contributed by atoms with Gasteiger partial charge in [0.25, 0.3) is 0 Å². The van der Waals surface area contributed by atoms with E-state index in [0.29, 0.717) is 0 Å². The average molecular weight is 262 g/mol. The van der Waals surface area contributed by atoms with E-state index in [2.05, 4.69) is 16.8 Å². The van der Waals surface area contributed by atoms with Crippen molar-refractivity contribution in [2.45, 2.75) is 59.8 Å². The van der Waals surface area contributed by atoms with Gasteiger partial charge in [0.05, 0.1) is 0 Å². The fourth-order valence-corrected chi connectivity index (χ4v) is 3.99. The molecule has 0 nitrogen and oxygen atoms in total. The predicted molar refractivity (Wildman–Crippen MR) is 55.7 cm³/mol. The van der Waals surface area contributed by atoms with Crippen molar-refractivity contribution in [3.63, 3.8) is 0 Å². The van der Waals surface area contributed by atoms with Crippen LogP contribution in [-0.4, -0.2) is 19.8 Å². The molecule has 0 saturated heterocycles. The molecule has 0 aromatic rings. The molecule has 0 bridgehead atoms. The molecule has 11 heavy (non-hydrogen) atoms. The van der Waals surface area contributed by atoms with E-state index >= 15 is 0 Å². The van der Waals surface area contributed by atoms with Crippen LogP contribution < -0.4 is 0 Å². The van der Waals surface area contributed by atoms with E-state index in [4.69, 9.17) is 0 Å². The summed E-state index contributed by atoms with van der Waals surface area (Å²) in [5.41, 5.74) is 0. The van der Waals surface area contributed by atoms with Gasteiger partial charge in [0, 0.05) is 0 Å². The third kappa shape index (κ3) is 10.8. The van der Waals surface area contributed by atoms with Crippen molar-refractivity contribution in [3.8, 4) is 0 Å². The molecular weight excluding hydrogens is 239 g/mol. The fraction of sp³-hybridized carbons (Fsp3) is 1.00. The van der Waals surface area contributed by atoms with Gasteiger partial charge in [-0.25, -0.2) is 0 Å². The zero-order chi connectivity index (χ0) is 8.53. The van der Waals surface area contributed by atoms with Crippen LogP contribution in [0.25, 0.3) is 0 Å². The first kappa shape index (κ1) is 11.8. The predicted octanol–water partition coefficient (Wildman–Crippen LogP) is 4.10. The Hall–Kier alpha value is 0.799. The SMILES string of the molecule is CCCCCCC[CH2][Sn]([CH3])[CH3]. The van der Waals surface area contributed by atoms with E-state index in [0.717, 1.165) is 0 Å². The zero-order valence-electron chi connectivity index (χ0n) is 8.45. The second kappa shape index (κ2) is 8.89. The van der Waals surface area contributed by atoms with Crippen LogP contribution in [0.4, 0.5) is 0 Å². The van der Waals surface area contributed by atoms with Crippen molar-refractivity contribution in [1.82, 2.24) is 0 Å². The Kier molecular flexibility index (Phi) is 9.54. The molecule has 0 aromatic carbocycles. The van der Waals surface area contributed by atoms with Gasteiger partial charge in [0.1, 0.15) is 0 Å². The molecule has 0 N–H and O–H groups in total. The van der Waals surface area contributed by atoms with Crippen molar-refractivity contribution in [3.05, 3.63) is 0 Å². The summed E-state index contributed by atoms with van der Waals surface area (Å²) in [6.45, 7) is 2.28.